The summed E-state index contributed by atoms with van der Waals surface area (Å²) in [4.78, 5) is 1.52. The lowest BCUT2D eigenvalue weighted by Crippen LogP contribution is -2.21. The summed E-state index contributed by atoms with van der Waals surface area (Å²) in [6.07, 6.45) is 8.75. The van der Waals surface area contributed by atoms with Crippen LogP contribution in [0.4, 0.5) is 5.69 Å². The second-order valence-electron chi connectivity index (χ2n) is 10.0. The highest BCUT2D eigenvalue weighted by Gasteiger charge is 2.35. The van der Waals surface area contributed by atoms with Crippen molar-refractivity contribution in [3.05, 3.63) is 40.4 Å². The van der Waals surface area contributed by atoms with E-state index < -0.39 is 0 Å². The molecule has 2 aromatic carbocycles. The molecule has 2 atom stereocenters. The molecular formula is C30H43ClN4O2S. The van der Waals surface area contributed by atoms with Crippen LogP contribution in [0, 0.1) is 22.7 Å². The van der Waals surface area contributed by atoms with Gasteiger partial charge >= 0.3 is 0 Å². The number of rotatable bonds is 16. The van der Waals surface area contributed by atoms with E-state index in [0.29, 0.717) is 63.3 Å². The molecule has 0 bridgehead atoms. The first-order chi connectivity index (χ1) is 18.4. The molecule has 2 aromatic rings. The van der Waals surface area contributed by atoms with Gasteiger partial charge in [-0.2, -0.15) is 0 Å². The van der Waals surface area contributed by atoms with E-state index in [9.17, 15) is 0 Å². The van der Waals surface area contributed by atoms with E-state index in [-0.39, 0.29) is 11.7 Å². The van der Waals surface area contributed by atoms with Crippen molar-refractivity contribution in [1.29, 1.82) is 10.8 Å². The number of halogens is 1. The number of unbranched alkanes of at least 4 members (excludes halogenated alkanes) is 2. The lowest BCUT2D eigenvalue weighted by Gasteiger charge is -2.23. The highest BCUT2D eigenvalue weighted by molar-refractivity contribution is 7.99. The monoisotopic (exact) mass is 558 g/mol. The highest BCUT2D eigenvalue weighted by atomic mass is 35.5. The molecule has 0 aromatic heterocycles. The van der Waals surface area contributed by atoms with Crippen molar-refractivity contribution in [3.63, 3.8) is 0 Å². The van der Waals surface area contributed by atoms with E-state index in [2.05, 4.69) is 33.0 Å². The molecule has 5 N–H and O–H groups in total. The Bertz CT molecular complexity index is 1120. The zero-order chi connectivity index (χ0) is 27.7. The topological polar surface area (TPSA) is 104 Å². The molecule has 0 saturated heterocycles. The van der Waals surface area contributed by atoms with Crippen LogP contribution in [-0.4, -0.2) is 24.9 Å². The average Bonchev–Trinajstić information content (AvgIpc) is 3.21. The SMILES string of the molecule is CCCCC(CC)COc1c(Cl)c(Sc2ccccc2N)c(OCC(CC)CCCC)c2c1C(=N)NC2=N. The predicted octanol–water partition coefficient (Wildman–Crippen LogP) is 8.52. The number of nitrogens with one attached hydrogen (secondary N) is 3. The number of nitrogen functional groups attached to an aromatic ring is 1. The Labute approximate surface area is 237 Å². The molecule has 0 radical (unpaired) electrons. The Morgan fingerprint density at radius 2 is 1.39 bits per heavy atom. The maximum atomic E-state index is 8.71. The van der Waals surface area contributed by atoms with Gasteiger partial charge in [-0.1, -0.05) is 102 Å². The molecular weight excluding hydrogens is 516 g/mol. The summed E-state index contributed by atoms with van der Waals surface area (Å²) >= 11 is 8.54. The Morgan fingerprint density at radius 1 is 0.868 bits per heavy atom. The van der Waals surface area contributed by atoms with E-state index in [4.69, 9.17) is 37.6 Å². The number of anilines is 1. The third-order valence-electron chi connectivity index (χ3n) is 7.20. The number of ether oxygens (including phenoxy) is 2. The van der Waals surface area contributed by atoms with E-state index >= 15 is 0 Å². The minimum Gasteiger partial charge on any atom is -0.491 e. The lowest BCUT2D eigenvalue weighted by molar-refractivity contribution is 0.223. The fourth-order valence-corrected chi connectivity index (χ4v) is 5.97. The van der Waals surface area contributed by atoms with Gasteiger partial charge in [0.1, 0.15) is 22.4 Å². The largest absolute Gasteiger partial charge is 0.491 e. The van der Waals surface area contributed by atoms with Gasteiger partial charge in [0.2, 0.25) is 0 Å². The van der Waals surface area contributed by atoms with E-state index in [1.807, 2.05) is 24.3 Å². The summed E-state index contributed by atoms with van der Waals surface area (Å²) in [5.74, 6) is 2.00. The van der Waals surface area contributed by atoms with Crippen molar-refractivity contribution in [3.8, 4) is 11.5 Å². The van der Waals surface area contributed by atoms with Crippen molar-refractivity contribution < 1.29 is 9.47 Å². The van der Waals surface area contributed by atoms with E-state index in [0.717, 1.165) is 56.3 Å². The van der Waals surface area contributed by atoms with Crippen LogP contribution in [0.1, 0.15) is 90.2 Å². The van der Waals surface area contributed by atoms with E-state index in [1.54, 1.807) is 0 Å². The summed E-state index contributed by atoms with van der Waals surface area (Å²) in [6.45, 7) is 9.78. The van der Waals surface area contributed by atoms with Crippen LogP contribution in [0.15, 0.2) is 34.1 Å². The Morgan fingerprint density at radius 3 is 1.92 bits per heavy atom. The Kier molecular flexibility index (Phi) is 11.7. The minimum absolute atomic E-state index is 0.113. The van der Waals surface area contributed by atoms with Crippen molar-refractivity contribution in [2.75, 3.05) is 18.9 Å². The third kappa shape index (κ3) is 7.17. The highest BCUT2D eigenvalue weighted by Crippen LogP contribution is 2.51. The van der Waals surface area contributed by atoms with Crippen LogP contribution >= 0.6 is 23.4 Å². The number of amidine groups is 2. The smallest absolute Gasteiger partial charge is 0.151 e. The number of para-hydroxylation sites is 1. The molecule has 2 unspecified atom stereocenters. The summed E-state index contributed by atoms with van der Waals surface area (Å²) in [5.41, 5.74) is 7.99. The van der Waals surface area contributed by atoms with Gasteiger partial charge in [-0.15, -0.1) is 0 Å². The number of fused-ring (bicyclic) bond motifs is 1. The van der Waals surface area contributed by atoms with Crippen LogP contribution in [0.3, 0.4) is 0 Å². The van der Waals surface area contributed by atoms with Gasteiger partial charge in [0.25, 0.3) is 0 Å². The van der Waals surface area contributed by atoms with Crippen LogP contribution < -0.4 is 20.5 Å². The molecule has 38 heavy (non-hydrogen) atoms. The average molecular weight is 559 g/mol. The van der Waals surface area contributed by atoms with Gasteiger partial charge in [-0.3, -0.25) is 10.8 Å². The number of nitrogens with two attached hydrogens (primary N) is 1. The van der Waals surface area contributed by atoms with Crippen LogP contribution in [0.2, 0.25) is 5.02 Å². The molecule has 0 fully saturated rings. The maximum Gasteiger partial charge on any atom is 0.151 e. The molecule has 8 heteroatoms. The molecule has 1 aliphatic rings. The lowest BCUT2D eigenvalue weighted by atomic mass is 10.00. The van der Waals surface area contributed by atoms with Gasteiger partial charge < -0.3 is 20.5 Å². The zero-order valence-electron chi connectivity index (χ0n) is 23.2. The summed E-state index contributed by atoms with van der Waals surface area (Å²) in [5, 5.41) is 20.6. The maximum absolute atomic E-state index is 8.71. The van der Waals surface area contributed by atoms with Gasteiger partial charge in [-0.25, -0.2) is 0 Å². The molecule has 3 rings (SSSR count). The van der Waals surface area contributed by atoms with Gasteiger partial charge in [0.15, 0.2) is 5.75 Å². The quantitative estimate of drug-likeness (QED) is 0.154. The minimum atomic E-state index is 0.113. The summed E-state index contributed by atoms with van der Waals surface area (Å²) < 4.78 is 12.9. The van der Waals surface area contributed by atoms with Crippen LogP contribution in [0.25, 0.3) is 0 Å². The molecule has 208 valence electrons. The number of hydrogen-bond acceptors (Lipinski definition) is 6. The fourth-order valence-electron chi connectivity index (χ4n) is 4.63. The van der Waals surface area contributed by atoms with Crippen LogP contribution in [0.5, 0.6) is 11.5 Å². The second-order valence-corrected chi connectivity index (χ2v) is 11.5. The van der Waals surface area contributed by atoms with Gasteiger partial charge in [0, 0.05) is 10.6 Å². The standard InChI is InChI=1S/C30H43ClN4O2S/c1-5-9-13-19(7-3)17-36-26-23-24(30(34)35-29(23)33)27(37-18-20(8-4)14-10-6-2)28(25(26)31)38-22-16-12-11-15-21(22)32/h11-12,15-16,19-20H,5-10,13-14,17-18,32H2,1-4H3,(H3,33,34,35). The first-order valence-electron chi connectivity index (χ1n) is 14.0. The molecule has 1 aliphatic heterocycles. The number of hydrogen-bond donors (Lipinski definition) is 4. The van der Waals surface area contributed by atoms with Crippen molar-refractivity contribution in [2.45, 2.75) is 88.9 Å². The van der Waals surface area contributed by atoms with Crippen molar-refractivity contribution >= 4 is 40.7 Å². The first-order valence-corrected chi connectivity index (χ1v) is 15.2. The Hall–Kier alpha value is -2.38. The van der Waals surface area contributed by atoms with E-state index in [1.165, 1.54) is 11.8 Å². The van der Waals surface area contributed by atoms with Gasteiger partial charge in [-0.05, 0) is 36.8 Å². The normalized spacial score (nSPS) is 14.2. The third-order valence-corrected chi connectivity index (χ3v) is 8.86. The van der Waals surface area contributed by atoms with Crippen molar-refractivity contribution in [2.24, 2.45) is 11.8 Å². The summed E-state index contributed by atoms with van der Waals surface area (Å²) in [7, 11) is 0. The van der Waals surface area contributed by atoms with Crippen molar-refractivity contribution in [1.82, 2.24) is 5.32 Å². The van der Waals surface area contributed by atoms with Crippen LogP contribution in [-0.2, 0) is 0 Å². The summed E-state index contributed by atoms with van der Waals surface area (Å²) in [6, 6.07) is 7.65. The predicted molar refractivity (Wildman–Crippen MR) is 161 cm³/mol. The zero-order valence-corrected chi connectivity index (χ0v) is 24.8. The fraction of sp³-hybridized carbons (Fsp3) is 0.533. The molecule has 6 nitrogen and oxygen atoms in total. The Balaban J connectivity index is 2.09. The molecule has 0 saturated carbocycles. The second kappa shape index (κ2) is 14.7. The first kappa shape index (κ1) is 30.2. The molecule has 0 aliphatic carbocycles. The molecule has 1 heterocycles. The molecule has 0 amide bonds. The molecule has 0 spiro atoms. The number of benzene rings is 2. The van der Waals surface area contributed by atoms with Gasteiger partial charge in [0.05, 0.1) is 29.2 Å².